The molecular weight excluding hydrogens is 196 g/mol. The first-order valence-electron chi connectivity index (χ1n) is 5.33. The predicted octanol–water partition coefficient (Wildman–Crippen LogP) is 3.10. The van der Waals surface area contributed by atoms with Crippen LogP contribution in [0.5, 0.6) is 0 Å². The number of hydrogen-bond donors (Lipinski definition) is 0. The summed E-state index contributed by atoms with van der Waals surface area (Å²) in [5, 5.41) is 0. The number of rotatable bonds is 6. The average molecular weight is 215 g/mol. The second-order valence-electron chi connectivity index (χ2n) is 3.84. The van der Waals surface area contributed by atoms with Crippen molar-refractivity contribution < 1.29 is 0 Å². The zero-order chi connectivity index (χ0) is 10.4. The van der Waals surface area contributed by atoms with Gasteiger partial charge in [0.25, 0.3) is 0 Å². The van der Waals surface area contributed by atoms with Crippen LogP contribution in [0.25, 0.3) is 0 Å². The monoisotopic (exact) mass is 214 g/mol. The molecule has 3 heteroatoms. The lowest BCUT2D eigenvalue weighted by Gasteiger charge is -2.08. The van der Waals surface area contributed by atoms with Gasteiger partial charge in [-0.05, 0) is 18.8 Å². The van der Waals surface area contributed by atoms with E-state index in [0.29, 0.717) is 5.92 Å². The fourth-order valence-electron chi connectivity index (χ4n) is 1.47. The molecule has 0 aliphatic rings. The first-order chi connectivity index (χ1) is 6.77. The molecule has 14 heavy (non-hydrogen) atoms. The predicted molar refractivity (Wildman–Crippen MR) is 60.7 cm³/mol. The summed E-state index contributed by atoms with van der Waals surface area (Å²) in [5.74, 6) is 2.53. The molecule has 0 amide bonds. The lowest BCUT2D eigenvalue weighted by molar-refractivity contribution is 0.553. The topological polar surface area (TPSA) is 17.8 Å². The van der Waals surface area contributed by atoms with E-state index in [-0.39, 0.29) is 0 Å². The van der Waals surface area contributed by atoms with Gasteiger partial charge in [-0.1, -0.05) is 13.8 Å². The summed E-state index contributed by atoms with van der Waals surface area (Å²) in [7, 11) is 0. The molecule has 0 spiro atoms. The van der Waals surface area contributed by atoms with Crippen LogP contribution < -0.4 is 0 Å². The maximum Gasteiger partial charge on any atom is 0.108 e. The first kappa shape index (κ1) is 11.6. The van der Waals surface area contributed by atoms with Crippen molar-refractivity contribution in [3.8, 4) is 0 Å². The summed E-state index contributed by atoms with van der Waals surface area (Å²) >= 11 is 5.77. The number of aryl methyl sites for hydroxylation is 2. The van der Waals surface area contributed by atoms with E-state index in [2.05, 4.69) is 29.6 Å². The van der Waals surface area contributed by atoms with Crippen LogP contribution in [0.1, 0.15) is 32.5 Å². The number of halogens is 1. The van der Waals surface area contributed by atoms with Crippen LogP contribution in [0.4, 0.5) is 0 Å². The molecule has 0 saturated heterocycles. The SMILES string of the molecule is CCCn1ccnc1CCC(C)CCl. The van der Waals surface area contributed by atoms with Gasteiger partial charge in [0.05, 0.1) is 0 Å². The molecule has 0 N–H and O–H groups in total. The van der Waals surface area contributed by atoms with Crippen LogP contribution in [0.15, 0.2) is 12.4 Å². The van der Waals surface area contributed by atoms with Crippen LogP contribution in [-0.2, 0) is 13.0 Å². The minimum atomic E-state index is 0.587. The molecule has 0 bridgehead atoms. The third-order valence-electron chi connectivity index (χ3n) is 2.39. The van der Waals surface area contributed by atoms with Crippen molar-refractivity contribution in [2.45, 2.75) is 39.7 Å². The number of imidazole rings is 1. The van der Waals surface area contributed by atoms with Gasteiger partial charge in [0, 0.05) is 31.2 Å². The quantitative estimate of drug-likeness (QED) is 0.666. The maximum atomic E-state index is 5.77. The Morgan fingerprint density at radius 2 is 2.36 bits per heavy atom. The molecule has 1 aromatic heterocycles. The highest BCUT2D eigenvalue weighted by Gasteiger charge is 2.05. The maximum absolute atomic E-state index is 5.77. The summed E-state index contributed by atoms with van der Waals surface area (Å²) in [5.41, 5.74) is 0. The van der Waals surface area contributed by atoms with Gasteiger partial charge in [-0.2, -0.15) is 0 Å². The van der Waals surface area contributed by atoms with Crippen LogP contribution in [-0.4, -0.2) is 15.4 Å². The van der Waals surface area contributed by atoms with E-state index < -0.39 is 0 Å². The first-order valence-corrected chi connectivity index (χ1v) is 5.87. The number of hydrogen-bond acceptors (Lipinski definition) is 1. The van der Waals surface area contributed by atoms with Gasteiger partial charge >= 0.3 is 0 Å². The lowest BCUT2D eigenvalue weighted by atomic mass is 10.1. The molecule has 1 rings (SSSR count). The molecule has 0 saturated carbocycles. The van der Waals surface area contributed by atoms with Crippen LogP contribution >= 0.6 is 11.6 Å². The number of nitrogens with zero attached hydrogens (tertiary/aromatic N) is 2. The number of aromatic nitrogens is 2. The highest BCUT2D eigenvalue weighted by Crippen LogP contribution is 2.10. The Kier molecular flexibility index (Phi) is 5.02. The summed E-state index contributed by atoms with van der Waals surface area (Å²) in [6.07, 6.45) is 7.28. The van der Waals surface area contributed by atoms with Crippen molar-refractivity contribution in [3.63, 3.8) is 0 Å². The Bertz CT molecular complexity index is 258. The Morgan fingerprint density at radius 1 is 1.57 bits per heavy atom. The molecule has 2 nitrogen and oxygen atoms in total. The van der Waals surface area contributed by atoms with E-state index in [0.717, 1.165) is 31.7 Å². The minimum absolute atomic E-state index is 0.587. The van der Waals surface area contributed by atoms with Gasteiger partial charge in [-0.25, -0.2) is 4.98 Å². The molecule has 1 unspecified atom stereocenters. The third-order valence-corrected chi connectivity index (χ3v) is 2.92. The summed E-state index contributed by atoms with van der Waals surface area (Å²) in [6, 6.07) is 0. The minimum Gasteiger partial charge on any atom is -0.335 e. The summed E-state index contributed by atoms with van der Waals surface area (Å²) in [4.78, 5) is 4.36. The Morgan fingerprint density at radius 3 is 3.00 bits per heavy atom. The van der Waals surface area contributed by atoms with E-state index in [1.807, 2.05) is 6.20 Å². The van der Waals surface area contributed by atoms with E-state index in [4.69, 9.17) is 11.6 Å². The van der Waals surface area contributed by atoms with Crippen molar-refractivity contribution in [2.75, 3.05) is 5.88 Å². The largest absolute Gasteiger partial charge is 0.335 e. The Hall–Kier alpha value is -0.500. The average Bonchev–Trinajstić information content (AvgIpc) is 2.62. The molecule has 0 aromatic carbocycles. The normalized spacial score (nSPS) is 13.1. The van der Waals surface area contributed by atoms with Crippen LogP contribution in [0, 0.1) is 5.92 Å². The smallest absolute Gasteiger partial charge is 0.108 e. The third kappa shape index (κ3) is 3.33. The van der Waals surface area contributed by atoms with E-state index in [1.54, 1.807) is 0 Å². The molecular formula is C11H19ClN2. The molecule has 0 aliphatic heterocycles. The van der Waals surface area contributed by atoms with Gasteiger partial charge in [0.15, 0.2) is 0 Å². The van der Waals surface area contributed by atoms with Gasteiger partial charge in [0.1, 0.15) is 5.82 Å². The van der Waals surface area contributed by atoms with E-state index in [9.17, 15) is 0 Å². The Balaban J connectivity index is 2.45. The Labute approximate surface area is 91.3 Å². The van der Waals surface area contributed by atoms with Crippen LogP contribution in [0.2, 0.25) is 0 Å². The summed E-state index contributed by atoms with van der Waals surface area (Å²) in [6.45, 7) is 5.44. The van der Waals surface area contributed by atoms with Gasteiger partial charge < -0.3 is 4.57 Å². The second kappa shape index (κ2) is 6.07. The zero-order valence-electron chi connectivity index (χ0n) is 9.04. The van der Waals surface area contributed by atoms with Crippen molar-refractivity contribution >= 4 is 11.6 Å². The molecule has 1 aromatic rings. The highest BCUT2D eigenvalue weighted by atomic mass is 35.5. The molecule has 1 heterocycles. The van der Waals surface area contributed by atoms with E-state index >= 15 is 0 Å². The van der Waals surface area contributed by atoms with Crippen molar-refractivity contribution in [2.24, 2.45) is 5.92 Å². The van der Waals surface area contributed by atoms with Gasteiger partial charge in [-0.3, -0.25) is 0 Å². The van der Waals surface area contributed by atoms with Crippen molar-refractivity contribution in [1.82, 2.24) is 9.55 Å². The van der Waals surface area contributed by atoms with Crippen molar-refractivity contribution in [3.05, 3.63) is 18.2 Å². The molecule has 80 valence electrons. The molecule has 1 atom stereocenters. The van der Waals surface area contributed by atoms with Gasteiger partial charge in [-0.15, -0.1) is 11.6 Å². The van der Waals surface area contributed by atoms with E-state index in [1.165, 1.54) is 5.82 Å². The molecule has 0 radical (unpaired) electrons. The fraction of sp³-hybridized carbons (Fsp3) is 0.727. The van der Waals surface area contributed by atoms with Crippen LogP contribution in [0.3, 0.4) is 0 Å². The standard InChI is InChI=1S/C11H19ClN2/c1-3-7-14-8-6-13-11(14)5-4-10(2)9-12/h6,8,10H,3-5,7,9H2,1-2H3. The van der Waals surface area contributed by atoms with Crippen molar-refractivity contribution in [1.29, 1.82) is 0 Å². The fourth-order valence-corrected chi connectivity index (χ4v) is 1.62. The number of alkyl halides is 1. The molecule has 0 aliphatic carbocycles. The zero-order valence-corrected chi connectivity index (χ0v) is 9.80. The highest BCUT2D eigenvalue weighted by molar-refractivity contribution is 6.18. The lowest BCUT2D eigenvalue weighted by Crippen LogP contribution is -2.06. The second-order valence-corrected chi connectivity index (χ2v) is 4.14. The van der Waals surface area contributed by atoms with Gasteiger partial charge in [0.2, 0.25) is 0 Å². The molecule has 0 fully saturated rings. The summed E-state index contributed by atoms with van der Waals surface area (Å²) < 4.78 is 2.24.